The van der Waals surface area contributed by atoms with Crippen LogP contribution in [0, 0.1) is 0 Å². The Morgan fingerprint density at radius 3 is 2.50 bits per heavy atom. The third-order valence-electron chi connectivity index (χ3n) is 3.11. The highest BCUT2D eigenvalue weighted by Gasteiger charge is 2.32. The van der Waals surface area contributed by atoms with Gasteiger partial charge in [0.2, 0.25) is 5.91 Å². The van der Waals surface area contributed by atoms with Gasteiger partial charge in [-0.2, -0.15) is 0 Å². The number of benzene rings is 1. The van der Waals surface area contributed by atoms with Crippen molar-refractivity contribution in [2.75, 3.05) is 38.6 Å². The second-order valence-electron chi connectivity index (χ2n) is 4.91. The molecule has 0 unspecified atom stereocenters. The molecule has 1 fully saturated rings. The van der Waals surface area contributed by atoms with Crippen LogP contribution in [0.1, 0.15) is 6.42 Å². The quantitative estimate of drug-likeness (QED) is 0.777. The summed E-state index contributed by atoms with van der Waals surface area (Å²) >= 11 is 5.42. The molecule has 6 heteroatoms. The van der Waals surface area contributed by atoms with E-state index in [4.69, 9.17) is 12.2 Å². The standard InChI is InChI=1S/C14H19N3OS.ClH/c1-15(2)9-6-10-16-13(18)11-17(14(16)19)12-7-4-3-5-8-12;/h3-5,7-8H,6,9-11H2,1-2H3;1H. The number of para-hydroxylation sites is 1. The summed E-state index contributed by atoms with van der Waals surface area (Å²) in [6.07, 6.45) is 0.932. The van der Waals surface area contributed by atoms with Gasteiger partial charge in [0.25, 0.3) is 0 Å². The Bertz CT molecular complexity index is 467. The normalized spacial score (nSPS) is 14.9. The van der Waals surface area contributed by atoms with E-state index in [1.807, 2.05) is 49.3 Å². The number of halogens is 1. The molecule has 1 aliphatic heterocycles. The Labute approximate surface area is 131 Å². The van der Waals surface area contributed by atoms with Crippen molar-refractivity contribution in [3.63, 3.8) is 0 Å². The molecule has 1 amide bonds. The first-order valence-corrected chi connectivity index (χ1v) is 6.82. The van der Waals surface area contributed by atoms with Crippen LogP contribution in [0.3, 0.4) is 0 Å². The average molecular weight is 314 g/mol. The number of thiocarbonyl (C=S) groups is 1. The van der Waals surface area contributed by atoms with E-state index in [0.717, 1.165) is 18.7 Å². The molecule has 0 N–H and O–H groups in total. The van der Waals surface area contributed by atoms with Crippen molar-refractivity contribution < 1.29 is 4.79 Å². The maximum Gasteiger partial charge on any atom is 0.248 e. The molecule has 0 spiro atoms. The van der Waals surface area contributed by atoms with Gasteiger partial charge in [0.05, 0.1) is 0 Å². The summed E-state index contributed by atoms with van der Waals surface area (Å²) in [4.78, 5) is 17.7. The predicted octanol–water partition coefficient (Wildman–Crippen LogP) is 1.99. The van der Waals surface area contributed by atoms with Gasteiger partial charge in [0.15, 0.2) is 5.11 Å². The van der Waals surface area contributed by atoms with Gasteiger partial charge in [-0.3, -0.25) is 9.69 Å². The molecule has 0 aromatic heterocycles. The largest absolute Gasteiger partial charge is 0.309 e. The Balaban J connectivity index is 0.00000200. The summed E-state index contributed by atoms with van der Waals surface area (Å²) in [5.74, 6) is 0.0904. The summed E-state index contributed by atoms with van der Waals surface area (Å²) in [7, 11) is 4.06. The Morgan fingerprint density at radius 2 is 1.90 bits per heavy atom. The van der Waals surface area contributed by atoms with Crippen molar-refractivity contribution in [2.45, 2.75) is 6.42 Å². The van der Waals surface area contributed by atoms with Gasteiger partial charge in [-0.1, -0.05) is 18.2 Å². The van der Waals surface area contributed by atoms with Gasteiger partial charge in [-0.15, -0.1) is 12.4 Å². The van der Waals surface area contributed by atoms with Gasteiger partial charge < -0.3 is 9.80 Å². The summed E-state index contributed by atoms with van der Waals surface area (Å²) in [5.41, 5.74) is 0.982. The van der Waals surface area contributed by atoms with Crippen LogP contribution in [0.15, 0.2) is 30.3 Å². The zero-order valence-corrected chi connectivity index (χ0v) is 13.4. The maximum atomic E-state index is 12.0. The molecule has 4 nitrogen and oxygen atoms in total. The molecule has 1 aliphatic rings. The van der Waals surface area contributed by atoms with Crippen molar-refractivity contribution in [1.29, 1.82) is 0 Å². The molecule has 1 heterocycles. The topological polar surface area (TPSA) is 26.8 Å². The maximum absolute atomic E-state index is 12.0. The first-order chi connectivity index (χ1) is 9.09. The van der Waals surface area contributed by atoms with E-state index in [0.29, 0.717) is 18.2 Å². The van der Waals surface area contributed by atoms with Gasteiger partial charge >= 0.3 is 0 Å². The number of amides is 1. The van der Waals surface area contributed by atoms with Crippen molar-refractivity contribution in [2.24, 2.45) is 0 Å². The number of hydrogen-bond acceptors (Lipinski definition) is 3. The molecule has 110 valence electrons. The zero-order valence-electron chi connectivity index (χ0n) is 11.8. The zero-order chi connectivity index (χ0) is 13.8. The summed E-state index contributed by atoms with van der Waals surface area (Å²) in [6.45, 7) is 2.00. The van der Waals surface area contributed by atoms with E-state index in [1.54, 1.807) is 4.90 Å². The summed E-state index contributed by atoms with van der Waals surface area (Å²) < 4.78 is 0. The SMILES string of the molecule is CN(C)CCCN1C(=O)CN(c2ccccc2)C1=S.Cl. The fourth-order valence-electron chi connectivity index (χ4n) is 2.12. The molecule has 0 radical (unpaired) electrons. The van der Waals surface area contributed by atoms with Crippen LogP contribution < -0.4 is 4.90 Å². The van der Waals surface area contributed by atoms with E-state index >= 15 is 0 Å². The third-order valence-corrected chi connectivity index (χ3v) is 3.55. The highest BCUT2D eigenvalue weighted by Crippen LogP contribution is 2.20. The average Bonchev–Trinajstić information content (AvgIpc) is 2.67. The summed E-state index contributed by atoms with van der Waals surface area (Å²) in [5, 5.41) is 0.620. The molecular weight excluding hydrogens is 294 g/mol. The fraction of sp³-hybridized carbons (Fsp3) is 0.429. The lowest BCUT2D eigenvalue weighted by Crippen LogP contribution is -2.34. The molecular formula is C14H20ClN3OS. The molecule has 2 rings (SSSR count). The van der Waals surface area contributed by atoms with Crippen molar-refractivity contribution in [1.82, 2.24) is 9.80 Å². The number of rotatable bonds is 5. The number of carbonyl (C=O) groups is 1. The van der Waals surface area contributed by atoms with Crippen molar-refractivity contribution in [3.8, 4) is 0 Å². The minimum Gasteiger partial charge on any atom is -0.309 e. The van der Waals surface area contributed by atoms with Gasteiger partial charge in [-0.25, -0.2) is 0 Å². The number of anilines is 1. The molecule has 0 atom stereocenters. The van der Waals surface area contributed by atoms with Gasteiger partial charge in [0, 0.05) is 12.2 Å². The Kier molecular flexibility index (Phi) is 6.39. The molecule has 0 saturated carbocycles. The highest BCUT2D eigenvalue weighted by atomic mass is 35.5. The lowest BCUT2D eigenvalue weighted by molar-refractivity contribution is -0.124. The molecule has 1 aromatic carbocycles. The first kappa shape index (κ1) is 16.9. The van der Waals surface area contributed by atoms with Crippen LogP contribution >= 0.6 is 24.6 Å². The highest BCUT2D eigenvalue weighted by molar-refractivity contribution is 7.80. The number of nitrogens with zero attached hydrogens (tertiary/aromatic N) is 3. The van der Waals surface area contributed by atoms with E-state index < -0.39 is 0 Å². The monoisotopic (exact) mass is 313 g/mol. The van der Waals surface area contributed by atoms with E-state index in [-0.39, 0.29) is 18.3 Å². The van der Waals surface area contributed by atoms with Crippen LogP contribution in [0.4, 0.5) is 5.69 Å². The minimum atomic E-state index is 0. The predicted molar refractivity (Wildman–Crippen MR) is 88.5 cm³/mol. The molecule has 1 saturated heterocycles. The smallest absolute Gasteiger partial charge is 0.248 e. The Hall–Kier alpha value is -1.17. The molecule has 20 heavy (non-hydrogen) atoms. The molecule has 1 aromatic rings. The van der Waals surface area contributed by atoms with Gasteiger partial charge in [0.1, 0.15) is 6.54 Å². The molecule has 0 bridgehead atoms. The van der Waals surface area contributed by atoms with Crippen molar-refractivity contribution in [3.05, 3.63) is 30.3 Å². The lowest BCUT2D eigenvalue weighted by atomic mass is 10.3. The van der Waals surface area contributed by atoms with E-state index in [1.165, 1.54) is 0 Å². The Morgan fingerprint density at radius 1 is 1.25 bits per heavy atom. The molecule has 0 aliphatic carbocycles. The van der Waals surface area contributed by atoms with Gasteiger partial charge in [-0.05, 0) is 51.4 Å². The fourth-order valence-corrected chi connectivity index (χ4v) is 2.48. The van der Waals surface area contributed by atoms with Crippen molar-refractivity contribution >= 4 is 41.3 Å². The second kappa shape index (κ2) is 7.57. The van der Waals surface area contributed by atoms with Crippen LogP contribution in [0.5, 0.6) is 0 Å². The second-order valence-corrected chi connectivity index (χ2v) is 5.27. The summed E-state index contributed by atoms with van der Waals surface area (Å²) in [6, 6.07) is 9.82. The number of hydrogen-bond donors (Lipinski definition) is 0. The van der Waals surface area contributed by atoms with Crippen LogP contribution in [0.2, 0.25) is 0 Å². The van der Waals surface area contributed by atoms with Crippen LogP contribution in [-0.4, -0.2) is 54.5 Å². The third kappa shape index (κ3) is 3.91. The van der Waals surface area contributed by atoms with Crippen LogP contribution in [-0.2, 0) is 4.79 Å². The number of carbonyl (C=O) groups excluding carboxylic acids is 1. The minimum absolute atomic E-state index is 0. The van der Waals surface area contributed by atoms with Crippen LogP contribution in [0.25, 0.3) is 0 Å². The first-order valence-electron chi connectivity index (χ1n) is 6.41. The lowest BCUT2D eigenvalue weighted by Gasteiger charge is -2.20. The van der Waals surface area contributed by atoms with E-state index in [9.17, 15) is 4.79 Å². The van der Waals surface area contributed by atoms with E-state index in [2.05, 4.69) is 4.90 Å².